The van der Waals surface area contributed by atoms with Crippen molar-refractivity contribution < 1.29 is 9.47 Å². The van der Waals surface area contributed by atoms with Gasteiger partial charge in [0.2, 0.25) is 0 Å². The van der Waals surface area contributed by atoms with Crippen LogP contribution in [0.1, 0.15) is 17.2 Å². The van der Waals surface area contributed by atoms with Crippen LogP contribution >= 0.6 is 15.9 Å². The summed E-state index contributed by atoms with van der Waals surface area (Å²) in [6.45, 7) is 1.24. The summed E-state index contributed by atoms with van der Waals surface area (Å²) in [7, 11) is 1.95. The number of fused-ring (bicyclic) bond motifs is 1. The van der Waals surface area contributed by atoms with E-state index in [2.05, 4.69) is 27.3 Å². The van der Waals surface area contributed by atoms with Crippen LogP contribution in [-0.2, 0) is 6.61 Å². The van der Waals surface area contributed by atoms with E-state index in [0.717, 1.165) is 21.5 Å². The Balaban J connectivity index is 1.68. The molecule has 104 valence electrons. The van der Waals surface area contributed by atoms with Crippen molar-refractivity contribution in [2.45, 2.75) is 12.6 Å². The van der Waals surface area contributed by atoms with Crippen molar-refractivity contribution in [3.05, 3.63) is 58.1 Å². The summed E-state index contributed by atoms with van der Waals surface area (Å²) in [5.74, 6) is 1.75. The fraction of sp³-hybridized carbons (Fsp3) is 0.250. The van der Waals surface area contributed by atoms with Crippen molar-refractivity contribution >= 4 is 15.9 Å². The molecule has 0 aliphatic carbocycles. The molecule has 2 aromatic rings. The minimum Gasteiger partial charge on any atom is -0.491 e. The van der Waals surface area contributed by atoms with Crippen LogP contribution < -0.4 is 14.8 Å². The molecule has 0 saturated heterocycles. The molecule has 0 radical (unpaired) electrons. The van der Waals surface area contributed by atoms with E-state index in [1.54, 1.807) is 0 Å². The minimum absolute atomic E-state index is 0.283. The second-order valence-corrected chi connectivity index (χ2v) is 5.68. The van der Waals surface area contributed by atoms with Crippen molar-refractivity contribution in [1.82, 2.24) is 5.32 Å². The van der Waals surface area contributed by atoms with Gasteiger partial charge in [0, 0.05) is 16.1 Å². The van der Waals surface area contributed by atoms with Crippen molar-refractivity contribution in [2.75, 3.05) is 13.7 Å². The summed E-state index contributed by atoms with van der Waals surface area (Å²) >= 11 is 3.42. The number of nitrogens with one attached hydrogen (secondary N) is 1. The Labute approximate surface area is 127 Å². The summed E-state index contributed by atoms with van der Waals surface area (Å²) < 4.78 is 12.5. The van der Waals surface area contributed by atoms with Crippen LogP contribution in [0.4, 0.5) is 0 Å². The lowest BCUT2D eigenvalue weighted by molar-refractivity contribution is 0.298. The second kappa shape index (κ2) is 5.85. The Hall–Kier alpha value is -1.52. The Morgan fingerprint density at radius 3 is 2.80 bits per heavy atom. The highest BCUT2D eigenvalue weighted by Crippen LogP contribution is 2.35. The van der Waals surface area contributed by atoms with Crippen molar-refractivity contribution in [2.24, 2.45) is 0 Å². The lowest BCUT2D eigenvalue weighted by atomic mass is 10.1. The van der Waals surface area contributed by atoms with Crippen LogP contribution in [0, 0.1) is 0 Å². The SMILES string of the molecule is CNC1COc2cc(OCc3ccc(Br)cc3)ccc21. The van der Waals surface area contributed by atoms with Gasteiger partial charge in [0.05, 0.1) is 6.04 Å². The molecule has 1 unspecified atom stereocenters. The van der Waals surface area contributed by atoms with Crippen LogP contribution in [0.3, 0.4) is 0 Å². The van der Waals surface area contributed by atoms with Gasteiger partial charge in [0.25, 0.3) is 0 Å². The zero-order valence-corrected chi connectivity index (χ0v) is 12.8. The third-order valence-corrected chi connectivity index (χ3v) is 3.96. The molecule has 1 heterocycles. The lowest BCUT2D eigenvalue weighted by Gasteiger charge is -2.09. The highest BCUT2D eigenvalue weighted by Gasteiger charge is 2.22. The largest absolute Gasteiger partial charge is 0.491 e. The van der Waals surface area contributed by atoms with E-state index in [9.17, 15) is 0 Å². The van der Waals surface area contributed by atoms with Gasteiger partial charge in [0.15, 0.2) is 0 Å². The van der Waals surface area contributed by atoms with E-state index in [1.165, 1.54) is 5.56 Å². The average molecular weight is 334 g/mol. The minimum atomic E-state index is 0.283. The van der Waals surface area contributed by atoms with Crippen molar-refractivity contribution in [1.29, 1.82) is 0 Å². The fourth-order valence-corrected chi connectivity index (χ4v) is 2.53. The van der Waals surface area contributed by atoms with Crippen LogP contribution in [0.2, 0.25) is 0 Å². The maximum atomic E-state index is 5.81. The summed E-state index contributed by atoms with van der Waals surface area (Å²) in [5, 5.41) is 3.23. The number of likely N-dealkylation sites (N-methyl/N-ethyl adjacent to an activating group) is 1. The first-order chi connectivity index (χ1) is 9.76. The Bertz CT molecular complexity index is 598. The van der Waals surface area contributed by atoms with Crippen LogP contribution in [0.5, 0.6) is 11.5 Å². The standard InChI is InChI=1S/C16H16BrNO2/c1-18-15-10-20-16-8-13(6-7-14(15)16)19-9-11-2-4-12(17)5-3-11/h2-8,15,18H,9-10H2,1H3. The molecular weight excluding hydrogens is 318 g/mol. The van der Waals surface area contributed by atoms with Gasteiger partial charge in [-0.05, 0) is 36.9 Å². The Morgan fingerprint density at radius 1 is 1.25 bits per heavy atom. The number of ether oxygens (including phenoxy) is 2. The van der Waals surface area contributed by atoms with Crippen LogP contribution in [0.25, 0.3) is 0 Å². The molecule has 0 amide bonds. The normalized spacial score (nSPS) is 16.6. The smallest absolute Gasteiger partial charge is 0.127 e. The monoisotopic (exact) mass is 333 g/mol. The number of rotatable bonds is 4. The summed E-state index contributed by atoms with van der Waals surface area (Å²) in [4.78, 5) is 0. The molecule has 0 bridgehead atoms. The summed E-state index contributed by atoms with van der Waals surface area (Å²) in [6, 6.07) is 14.4. The van der Waals surface area contributed by atoms with Crippen molar-refractivity contribution in [3.63, 3.8) is 0 Å². The van der Waals surface area contributed by atoms with E-state index in [0.29, 0.717) is 13.2 Å². The van der Waals surface area contributed by atoms with Gasteiger partial charge >= 0.3 is 0 Å². The predicted molar refractivity (Wildman–Crippen MR) is 82.2 cm³/mol. The highest BCUT2D eigenvalue weighted by atomic mass is 79.9. The van der Waals surface area contributed by atoms with Gasteiger partial charge in [-0.2, -0.15) is 0 Å². The first-order valence-electron chi connectivity index (χ1n) is 6.57. The van der Waals surface area contributed by atoms with E-state index in [1.807, 2.05) is 43.4 Å². The van der Waals surface area contributed by atoms with Crippen LogP contribution in [0.15, 0.2) is 46.9 Å². The van der Waals surface area contributed by atoms with Gasteiger partial charge in [-0.25, -0.2) is 0 Å². The topological polar surface area (TPSA) is 30.5 Å². The summed E-state index contributed by atoms with van der Waals surface area (Å²) in [6.07, 6.45) is 0. The van der Waals surface area contributed by atoms with E-state index < -0.39 is 0 Å². The first kappa shape index (κ1) is 13.5. The van der Waals surface area contributed by atoms with Gasteiger partial charge in [-0.1, -0.05) is 28.1 Å². The molecule has 1 aliphatic rings. The average Bonchev–Trinajstić information content (AvgIpc) is 2.89. The first-order valence-corrected chi connectivity index (χ1v) is 7.37. The number of benzene rings is 2. The molecule has 1 N–H and O–H groups in total. The van der Waals surface area contributed by atoms with Gasteiger partial charge < -0.3 is 14.8 Å². The number of hydrogen-bond acceptors (Lipinski definition) is 3. The second-order valence-electron chi connectivity index (χ2n) is 4.77. The molecular formula is C16H16BrNO2. The number of hydrogen-bond donors (Lipinski definition) is 1. The van der Waals surface area contributed by atoms with Gasteiger partial charge in [-0.15, -0.1) is 0 Å². The molecule has 20 heavy (non-hydrogen) atoms. The van der Waals surface area contributed by atoms with Crippen LogP contribution in [-0.4, -0.2) is 13.7 Å². The quantitative estimate of drug-likeness (QED) is 0.925. The Kier molecular flexibility index (Phi) is 3.94. The zero-order valence-electron chi connectivity index (χ0n) is 11.2. The molecule has 3 nitrogen and oxygen atoms in total. The molecule has 0 spiro atoms. The summed E-state index contributed by atoms with van der Waals surface area (Å²) in [5.41, 5.74) is 2.34. The van der Waals surface area contributed by atoms with Crippen molar-refractivity contribution in [3.8, 4) is 11.5 Å². The molecule has 1 atom stereocenters. The third-order valence-electron chi connectivity index (χ3n) is 3.43. The molecule has 3 rings (SSSR count). The molecule has 1 aliphatic heterocycles. The predicted octanol–water partition coefficient (Wildman–Crippen LogP) is 3.68. The van der Waals surface area contributed by atoms with E-state index in [-0.39, 0.29) is 6.04 Å². The lowest BCUT2D eigenvalue weighted by Crippen LogP contribution is -2.17. The fourth-order valence-electron chi connectivity index (χ4n) is 2.27. The zero-order chi connectivity index (χ0) is 13.9. The van der Waals surface area contributed by atoms with Gasteiger partial charge in [-0.3, -0.25) is 0 Å². The number of halogens is 1. The third kappa shape index (κ3) is 2.81. The maximum absolute atomic E-state index is 5.81. The van der Waals surface area contributed by atoms with E-state index >= 15 is 0 Å². The maximum Gasteiger partial charge on any atom is 0.127 e. The molecule has 0 fully saturated rings. The molecule has 2 aromatic carbocycles. The molecule has 4 heteroatoms. The van der Waals surface area contributed by atoms with E-state index in [4.69, 9.17) is 9.47 Å². The molecule has 0 aromatic heterocycles. The molecule has 0 saturated carbocycles. The highest BCUT2D eigenvalue weighted by molar-refractivity contribution is 9.10. The Morgan fingerprint density at radius 2 is 2.05 bits per heavy atom. The van der Waals surface area contributed by atoms with Gasteiger partial charge in [0.1, 0.15) is 24.7 Å².